The van der Waals surface area contributed by atoms with E-state index in [4.69, 9.17) is 20.9 Å². The summed E-state index contributed by atoms with van der Waals surface area (Å²) in [6, 6.07) is 8.38. The van der Waals surface area contributed by atoms with Crippen molar-refractivity contribution >= 4 is 22.8 Å². The summed E-state index contributed by atoms with van der Waals surface area (Å²) in [4.78, 5) is 23.0. The molecule has 1 amide bonds. The Kier molecular flexibility index (Phi) is 6.73. The van der Waals surface area contributed by atoms with Crippen molar-refractivity contribution < 1.29 is 14.3 Å². The molecular weight excluding hydrogens is 468 g/mol. The van der Waals surface area contributed by atoms with E-state index in [-0.39, 0.29) is 18.1 Å². The van der Waals surface area contributed by atoms with Gasteiger partial charge < -0.3 is 25.5 Å². The number of hydrogen-bond acceptors (Lipinski definition) is 7. The maximum atomic E-state index is 11.8. The highest BCUT2D eigenvalue weighted by Gasteiger charge is 2.37. The Labute approximate surface area is 217 Å². The van der Waals surface area contributed by atoms with Crippen LogP contribution in [0.4, 0.5) is 5.82 Å². The number of nitrogen functional groups attached to an aromatic ring is 1. The van der Waals surface area contributed by atoms with E-state index >= 15 is 0 Å². The van der Waals surface area contributed by atoms with Crippen molar-refractivity contribution in [1.82, 2.24) is 19.4 Å². The first-order valence-electron chi connectivity index (χ1n) is 13.6. The van der Waals surface area contributed by atoms with Crippen LogP contribution in [0.2, 0.25) is 0 Å². The zero-order valence-corrected chi connectivity index (χ0v) is 21.2. The number of primary amides is 1. The van der Waals surface area contributed by atoms with Crippen LogP contribution in [0, 0.1) is 5.92 Å². The molecule has 1 saturated carbocycles. The fraction of sp³-hybridized carbons (Fsp3) is 0.536. The second-order valence-electron chi connectivity index (χ2n) is 10.8. The van der Waals surface area contributed by atoms with E-state index in [9.17, 15) is 4.79 Å². The topological polar surface area (TPSA) is 122 Å². The molecule has 1 aliphatic carbocycles. The van der Waals surface area contributed by atoms with Gasteiger partial charge in [0, 0.05) is 31.0 Å². The maximum absolute atomic E-state index is 11.8. The molecule has 4 heterocycles. The van der Waals surface area contributed by atoms with Crippen LogP contribution in [0.3, 0.4) is 0 Å². The van der Waals surface area contributed by atoms with E-state index < -0.39 is 0 Å². The molecule has 196 valence electrons. The number of hydrogen-bond donors (Lipinski definition) is 2. The number of nitrogens with two attached hydrogens (primary N) is 2. The van der Waals surface area contributed by atoms with Gasteiger partial charge in [0.25, 0.3) is 0 Å². The number of rotatable bonds is 8. The van der Waals surface area contributed by atoms with Gasteiger partial charge in [0.2, 0.25) is 5.91 Å². The Morgan fingerprint density at radius 1 is 1.16 bits per heavy atom. The Bertz CT molecular complexity index is 1260. The van der Waals surface area contributed by atoms with Crippen LogP contribution in [0.15, 0.2) is 36.8 Å². The molecule has 0 bridgehead atoms. The molecule has 1 aromatic carbocycles. The normalized spacial score (nSPS) is 26.3. The lowest BCUT2D eigenvalue weighted by atomic mass is 9.79. The highest BCUT2D eigenvalue weighted by molar-refractivity contribution is 6.00. The highest BCUT2D eigenvalue weighted by Crippen LogP contribution is 2.44. The molecule has 0 radical (unpaired) electrons. The first kappa shape index (κ1) is 24.2. The van der Waals surface area contributed by atoms with Crippen LogP contribution in [0.5, 0.6) is 5.75 Å². The zero-order valence-electron chi connectivity index (χ0n) is 21.2. The van der Waals surface area contributed by atoms with E-state index in [2.05, 4.69) is 37.8 Å². The second kappa shape index (κ2) is 10.3. The fourth-order valence-electron chi connectivity index (χ4n) is 6.26. The van der Waals surface area contributed by atoms with Crippen LogP contribution in [-0.2, 0) is 9.53 Å². The van der Waals surface area contributed by atoms with Crippen LogP contribution < -0.4 is 16.2 Å². The van der Waals surface area contributed by atoms with E-state index in [0.717, 1.165) is 86.1 Å². The number of aromatic nitrogens is 3. The zero-order chi connectivity index (χ0) is 25.4. The van der Waals surface area contributed by atoms with Gasteiger partial charge in [0.05, 0.1) is 17.5 Å². The molecular formula is C28H36N6O3. The van der Waals surface area contributed by atoms with Gasteiger partial charge in [0.15, 0.2) is 0 Å². The molecule has 2 atom stereocenters. The van der Waals surface area contributed by atoms with Crippen LogP contribution in [0.1, 0.15) is 51.0 Å². The summed E-state index contributed by atoms with van der Waals surface area (Å²) >= 11 is 0. The number of carbonyl (C=O) groups is 1. The summed E-state index contributed by atoms with van der Waals surface area (Å²) in [7, 11) is 0. The Hall–Kier alpha value is -3.17. The predicted molar refractivity (Wildman–Crippen MR) is 142 cm³/mol. The highest BCUT2D eigenvalue weighted by atomic mass is 16.5. The fourth-order valence-corrected chi connectivity index (χ4v) is 6.26. The molecule has 0 spiro atoms. The SMILES string of the molecule is NC(=O)C1CCCN1C[C@H]1C[C@@H](n2cc(-c3cccc(OC[C@@H]4CCCCO4)c3)c3c(N)ncnc32)C1. The number of likely N-dealkylation sites (tertiary alicyclic amines) is 1. The maximum Gasteiger partial charge on any atom is 0.234 e. The molecule has 3 aromatic rings. The standard InChI is InChI=1S/C28H36N6O3/c29-26-25-23(19-5-3-7-21(13-19)37-16-22-6-1-2-10-36-22)15-34(28(25)32-17-31-26)20-11-18(12-20)14-33-9-4-8-24(33)27(30)35/h3,5,7,13,15,17-18,20,22,24H,1-2,4,6,8-12,14,16H2,(H2,30,35)(H2,29,31,32)/t18-,20+,22-,24?/m0/s1. The van der Waals surface area contributed by atoms with E-state index in [1.54, 1.807) is 6.33 Å². The molecule has 9 heteroatoms. The monoisotopic (exact) mass is 504 g/mol. The number of carbonyl (C=O) groups excluding carboxylic acids is 1. The summed E-state index contributed by atoms with van der Waals surface area (Å²) in [6.45, 7) is 3.27. The van der Waals surface area contributed by atoms with Crippen LogP contribution in [-0.4, -0.2) is 63.8 Å². The first-order chi connectivity index (χ1) is 18.1. The third-order valence-corrected chi connectivity index (χ3v) is 8.28. The lowest BCUT2D eigenvalue weighted by Gasteiger charge is -2.39. The quantitative estimate of drug-likeness (QED) is 0.481. The van der Waals surface area contributed by atoms with Crippen LogP contribution >= 0.6 is 0 Å². The predicted octanol–water partition coefficient (Wildman–Crippen LogP) is 3.53. The van der Waals surface area contributed by atoms with E-state index in [1.165, 1.54) is 6.42 Å². The molecule has 2 saturated heterocycles. The third kappa shape index (κ3) is 4.90. The third-order valence-electron chi connectivity index (χ3n) is 8.28. The number of amides is 1. The van der Waals surface area contributed by atoms with Crippen molar-refractivity contribution in [3.8, 4) is 16.9 Å². The molecule has 2 aliphatic heterocycles. The Morgan fingerprint density at radius 3 is 2.86 bits per heavy atom. The van der Waals surface area contributed by atoms with Crippen molar-refractivity contribution in [2.24, 2.45) is 11.7 Å². The smallest absolute Gasteiger partial charge is 0.234 e. The number of nitrogens with zero attached hydrogens (tertiary/aromatic N) is 4. The van der Waals surface area contributed by atoms with Crippen molar-refractivity contribution in [3.63, 3.8) is 0 Å². The van der Waals surface area contributed by atoms with Gasteiger partial charge in [-0.1, -0.05) is 12.1 Å². The lowest BCUT2D eigenvalue weighted by Crippen LogP contribution is -2.44. The molecule has 3 fully saturated rings. The summed E-state index contributed by atoms with van der Waals surface area (Å²) in [6.07, 6.45) is 11.2. The van der Waals surface area contributed by atoms with Crippen molar-refractivity contribution in [1.29, 1.82) is 0 Å². The summed E-state index contributed by atoms with van der Waals surface area (Å²) in [5.74, 6) is 1.65. The van der Waals surface area contributed by atoms with Gasteiger partial charge in [-0.15, -0.1) is 0 Å². The number of ether oxygens (including phenoxy) is 2. The molecule has 3 aliphatic rings. The van der Waals surface area contributed by atoms with Gasteiger partial charge in [-0.3, -0.25) is 9.69 Å². The molecule has 6 rings (SSSR count). The summed E-state index contributed by atoms with van der Waals surface area (Å²) < 4.78 is 14.2. The molecule has 1 unspecified atom stereocenters. The minimum Gasteiger partial charge on any atom is -0.491 e. The average Bonchev–Trinajstić information content (AvgIpc) is 3.51. The van der Waals surface area contributed by atoms with Gasteiger partial charge in [-0.2, -0.15) is 0 Å². The van der Waals surface area contributed by atoms with Gasteiger partial charge >= 0.3 is 0 Å². The van der Waals surface area contributed by atoms with Crippen molar-refractivity contribution in [2.75, 3.05) is 32.0 Å². The minimum absolute atomic E-state index is 0.107. The molecule has 37 heavy (non-hydrogen) atoms. The van der Waals surface area contributed by atoms with E-state index in [0.29, 0.717) is 24.4 Å². The molecule has 2 aromatic heterocycles. The lowest BCUT2D eigenvalue weighted by molar-refractivity contribution is -0.122. The Morgan fingerprint density at radius 2 is 2.05 bits per heavy atom. The van der Waals surface area contributed by atoms with Gasteiger partial charge in [0.1, 0.15) is 30.1 Å². The molecule has 4 N–H and O–H groups in total. The minimum atomic E-state index is -0.195. The summed E-state index contributed by atoms with van der Waals surface area (Å²) in [5.41, 5.74) is 14.9. The number of fused-ring (bicyclic) bond motifs is 1. The van der Waals surface area contributed by atoms with Crippen molar-refractivity contribution in [2.45, 2.75) is 63.1 Å². The van der Waals surface area contributed by atoms with Crippen LogP contribution in [0.25, 0.3) is 22.2 Å². The number of anilines is 1. The largest absolute Gasteiger partial charge is 0.491 e. The first-order valence-corrected chi connectivity index (χ1v) is 13.6. The van der Waals surface area contributed by atoms with E-state index in [1.807, 2.05) is 12.1 Å². The second-order valence-corrected chi connectivity index (χ2v) is 10.8. The van der Waals surface area contributed by atoms with Crippen molar-refractivity contribution in [3.05, 3.63) is 36.8 Å². The number of benzene rings is 1. The Balaban J connectivity index is 1.20. The van der Waals surface area contributed by atoms with Gasteiger partial charge in [-0.05, 0) is 75.1 Å². The molecule has 9 nitrogen and oxygen atoms in total. The average molecular weight is 505 g/mol. The summed E-state index contributed by atoms with van der Waals surface area (Å²) in [5, 5.41) is 0.882. The van der Waals surface area contributed by atoms with Gasteiger partial charge in [-0.25, -0.2) is 9.97 Å².